The van der Waals surface area contributed by atoms with Crippen LogP contribution in [0.25, 0.3) is 0 Å². The molecule has 3 heterocycles. The standard InChI is InChI=1S/C26H32N2O5SSi/c1-35(2,3)14-8-7-9-19-15-21-22-12-13-27-25(30)26(22)16-18(17-29)28(24(26)23(21)33-19)34(31,32)20-10-5-4-6-11-20/h4-6,10-11,15,18,22,24,29H,7,9,12-13,16-17H2,1-3H3,(H,27,30)/t18-,22+,24+,26+/m1/s1. The van der Waals surface area contributed by atoms with Gasteiger partial charge in [0.25, 0.3) is 0 Å². The van der Waals surface area contributed by atoms with Crippen LogP contribution in [0, 0.1) is 16.9 Å². The van der Waals surface area contributed by atoms with Gasteiger partial charge in [-0.15, -0.1) is 11.5 Å². The number of nitrogens with zero attached hydrogens (tertiary/aromatic N) is 1. The first-order valence-electron chi connectivity index (χ1n) is 12.2. The number of aliphatic hydroxyl groups is 1. The third kappa shape index (κ3) is 3.87. The van der Waals surface area contributed by atoms with E-state index in [1.807, 2.05) is 6.07 Å². The molecule has 5 rings (SSSR count). The quantitative estimate of drug-likeness (QED) is 0.474. The highest BCUT2D eigenvalue weighted by Gasteiger charge is 2.70. The summed E-state index contributed by atoms with van der Waals surface area (Å²) in [5.41, 5.74) is 3.32. The molecular weight excluding hydrogens is 480 g/mol. The Morgan fingerprint density at radius 2 is 2.00 bits per heavy atom. The van der Waals surface area contributed by atoms with E-state index in [0.29, 0.717) is 31.6 Å². The van der Waals surface area contributed by atoms with Crippen LogP contribution in [0.5, 0.6) is 0 Å². The van der Waals surface area contributed by atoms with Crippen molar-refractivity contribution in [3.05, 3.63) is 53.5 Å². The Hall–Kier alpha value is -2.38. The predicted octanol–water partition coefficient (Wildman–Crippen LogP) is 3.19. The zero-order valence-corrected chi connectivity index (χ0v) is 22.2. The number of hydrogen-bond donors (Lipinski definition) is 2. The van der Waals surface area contributed by atoms with Gasteiger partial charge in [0, 0.05) is 25.3 Å². The van der Waals surface area contributed by atoms with E-state index in [1.54, 1.807) is 30.3 Å². The lowest BCUT2D eigenvalue weighted by Crippen LogP contribution is -2.50. The number of carbonyl (C=O) groups is 1. The molecule has 2 N–H and O–H groups in total. The molecule has 3 aliphatic rings. The van der Waals surface area contributed by atoms with Crippen molar-refractivity contribution in [1.82, 2.24) is 9.62 Å². The van der Waals surface area contributed by atoms with Crippen LogP contribution in [0.15, 0.2) is 45.7 Å². The SMILES string of the molecule is C[Si](C)(C)C#CCCc1cc2c(o1)[C@@H]1N(S(=O)(=O)c3ccccc3)[C@@H](CO)C[C@@]13C(=O)NCC[C@@H]23. The van der Waals surface area contributed by atoms with E-state index in [0.717, 1.165) is 11.3 Å². The molecule has 7 nitrogen and oxygen atoms in total. The van der Waals surface area contributed by atoms with Crippen molar-refractivity contribution in [2.45, 2.75) is 68.2 Å². The summed E-state index contributed by atoms with van der Waals surface area (Å²) in [4.78, 5) is 13.6. The van der Waals surface area contributed by atoms with Gasteiger partial charge in [-0.3, -0.25) is 4.79 Å². The van der Waals surface area contributed by atoms with Crippen LogP contribution in [0.4, 0.5) is 0 Å². The van der Waals surface area contributed by atoms with Crippen LogP contribution >= 0.6 is 0 Å². The highest BCUT2D eigenvalue weighted by atomic mass is 32.2. The van der Waals surface area contributed by atoms with Crippen LogP contribution in [0.1, 0.15) is 48.3 Å². The van der Waals surface area contributed by atoms with E-state index in [1.165, 1.54) is 4.31 Å². The lowest BCUT2D eigenvalue weighted by Gasteiger charge is -2.38. The molecule has 2 aromatic rings. The molecule has 0 bridgehead atoms. The van der Waals surface area contributed by atoms with Gasteiger partial charge in [-0.2, -0.15) is 4.31 Å². The largest absolute Gasteiger partial charge is 0.464 e. The molecule has 2 aliphatic heterocycles. The Kier molecular flexibility index (Phi) is 5.99. The minimum atomic E-state index is -3.99. The molecule has 2 fully saturated rings. The van der Waals surface area contributed by atoms with E-state index < -0.39 is 35.6 Å². The number of aryl methyl sites for hydroxylation is 1. The van der Waals surface area contributed by atoms with Gasteiger partial charge in [-0.05, 0) is 36.6 Å². The average molecular weight is 513 g/mol. The first-order valence-corrected chi connectivity index (χ1v) is 17.1. The van der Waals surface area contributed by atoms with Crippen molar-refractivity contribution >= 4 is 24.0 Å². The summed E-state index contributed by atoms with van der Waals surface area (Å²) in [6.07, 6.45) is 2.28. The van der Waals surface area contributed by atoms with Crippen molar-refractivity contribution in [3.63, 3.8) is 0 Å². The third-order valence-electron chi connectivity index (χ3n) is 7.39. The molecular formula is C26H32N2O5SSi. The summed E-state index contributed by atoms with van der Waals surface area (Å²) in [6.45, 7) is 6.78. The van der Waals surface area contributed by atoms with E-state index >= 15 is 0 Å². The van der Waals surface area contributed by atoms with Crippen LogP contribution in [0.3, 0.4) is 0 Å². The van der Waals surface area contributed by atoms with Gasteiger partial charge in [0.2, 0.25) is 15.9 Å². The van der Waals surface area contributed by atoms with Gasteiger partial charge < -0.3 is 14.8 Å². The minimum absolute atomic E-state index is 0.144. The molecule has 9 heteroatoms. The van der Waals surface area contributed by atoms with Crippen LogP contribution < -0.4 is 5.32 Å². The lowest BCUT2D eigenvalue weighted by molar-refractivity contribution is -0.135. The van der Waals surface area contributed by atoms with Gasteiger partial charge in [0.15, 0.2) is 0 Å². The number of fused-ring (bicyclic) bond motifs is 3. The molecule has 0 radical (unpaired) electrons. The van der Waals surface area contributed by atoms with E-state index in [2.05, 4.69) is 36.4 Å². The second-order valence-corrected chi connectivity index (χ2v) is 17.4. The number of sulfonamides is 1. The predicted molar refractivity (Wildman–Crippen MR) is 135 cm³/mol. The number of piperidine rings is 1. The molecule has 1 aromatic carbocycles. The smallest absolute Gasteiger partial charge is 0.244 e. The molecule has 1 amide bonds. The van der Waals surface area contributed by atoms with Gasteiger partial charge >= 0.3 is 0 Å². The maximum absolute atomic E-state index is 13.9. The molecule has 4 atom stereocenters. The number of rotatable bonds is 5. The molecule has 1 aliphatic carbocycles. The van der Waals surface area contributed by atoms with E-state index in [4.69, 9.17) is 4.42 Å². The van der Waals surface area contributed by atoms with Gasteiger partial charge in [-0.25, -0.2) is 8.42 Å². The monoisotopic (exact) mass is 512 g/mol. The number of nitrogens with one attached hydrogen (secondary N) is 1. The van der Waals surface area contributed by atoms with E-state index in [9.17, 15) is 18.3 Å². The summed E-state index contributed by atoms with van der Waals surface area (Å²) in [5.74, 6) is 4.28. The molecule has 186 valence electrons. The molecule has 1 aromatic heterocycles. The molecule has 0 unspecified atom stereocenters. The first-order chi connectivity index (χ1) is 16.6. The second kappa shape index (κ2) is 8.63. The number of hydrogen-bond acceptors (Lipinski definition) is 5. The topological polar surface area (TPSA) is 99.8 Å². The number of carbonyl (C=O) groups excluding carboxylic acids is 1. The number of amides is 1. The highest BCUT2D eigenvalue weighted by Crippen LogP contribution is 2.67. The van der Waals surface area contributed by atoms with Crippen molar-refractivity contribution in [1.29, 1.82) is 0 Å². The van der Waals surface area contributed by atoms with Crippen molar-refractivity contribution in [2.24, 2.45) is 5.41 Å². The summed E-state index contributed by atoms with van der Waals surface area (Å²) in [5, 5.41) is 13.2. The highest BCUT2D eigenvalue weighted by molar-refractivity contribution is 7.89. The van der Waals surface area contributed by atoms with Crippen LogP contribution in [-0.2, 0) is 21.2 Å². The number of benzene rings is 1. The minimum Gasteiger partial charge on any atom is -0.464 e. The summed E-state index contributed by atoms with van der Waals surface area (Å²) >= 11 is 0. The fraction of sp³-hybridized carbons (Fsp3) is 0.500. The number of furan rings is 1. The summed E-state index contributed by atoms with van der Waals surface area (Å²) in [6, 6.07) is 8.73. The van der Waals surface area contributed by atoms with Crippen molar-refractivity contribution in [3.8, 4) is 11.5 Å². The average Bonchev–Trinajstić information content (AvgIpc) is 3.44. The van der Waals surface area contributed by atoms with Crippen molar-refractivity contribution in [2.75, 3.05) is 13.2 Å². The van der Waals surface area contributed by atoms with Crippen LogP contribution in [-0.4, -0.2) is 51.0 Å². The third-order valence-corrected chi connectivity index (χ3v) is 10.3. The Balaban J connectivity index is 1.58. The van der Waals surface area contributed by atoms with E-state index in [-0.39, 0.29) is 29.7 Å². The molecule has 0 saturated carbocycles. The lowest BCUT2D eigenvalue weighted by atomic mass is 9.68. The molecule has 2 saturated heterocycles. The normalized spacial score (nSPS) is 28.0. The van der Waals surface area contributed by atoms with Crippen molar-refractivity contribution < 1.29 is 22.7 Å². The Morgan fingerprint density at radius 3 is 2.69 bits per heavy atom. The maximum Gasteiger partial charge on any atom is 0.244 e. The first kappa shape index (κ1) is 24.3. The number of aliphatic hydroxyl groups excluding tert-OH is 1. The van der Waals surface area contributed by atoms with Gasteiger partial charge in [0.1, 0.15) is 19.6 Å². The Morgan fingerprint density at radius 1 is 1.26 bits per heavy atom. The summed E-state index contributed by atoms with van der Waals surface area (Å²) in [7, 11) is -5.44. The Labute approximate surface area is 208 Å². The van der Waals surface area contributed by atoms with Gasteiger partial charge in [0.05, 0.1) is 29.0 Å². The fourth-order valence-corrected chi connectivity index (χ4v) is 8.56. The Bertz CT molecular complexity index is 1300. The summed E-state index contributed by atoms with van der Waals surface area (Å²) < 4.78 is 35.4. The van der Waals surface area contributed by atoms with Gasteiger partial charge in [-0.1, -0.05) is 37.8 Å². The maximum atomic E-state index is 13.9. The fourth-order valence-electron chi connectivity index (χ4n) is 6.06. The zero-order chi connectivity index (χ0) is 25.0. The second-order valence-electron chi connectivity index (χ2n) is 10.8. The molecule has 1 spiro atoms. The zero-order valence-electron chi connectivity index (χ0n) is 20.4. The van der Waals surface area contributed by atoms with Crippen LogP contribution in [0.2, 0.25) is 19.6 Å². The molecule has 35 heavy (non-hydrogen) atoms.